The fourth-order valence-electron chi connectivity index (χ4n) is 2.09. The Morgan fingerprint density at radius 3 is 2.59 bits per heavy atom. The Morgan fingerprint density at radius 2 is 2.00 bits per heavy atom. The van der Waals surface area contributed by atoms with Crippen LogP contribution in [0, 0.1) is 0 Å². The molecule has 1 aromatic carbocycles. The third kappa shape index (κ3) is 2.37. The average molecular weight is 292 g/mol. The lowest BCUT2D eigenvalue weighted by Crippen LogP contribution is -1.98. The SMILES string of the molecule is CCc1cccc2c(CBr)cc(C(C)C)nc12. The molecule has 2 aromatic rings. The fraction of sp³-hybridized carbons (Fsp3) is 0.400. The molecular formula is C15H18BrN. The molecule has 0 unspecified atom stereocenters. The quantitative estimate of drug-likeness (QED) is 0.739. The molecule has 0 saturated carbocycles. The first kappa shape index (κ1) is 12.6. The van der Waals surface area contributed by atoms with Gasteiger partial charge in [0, 0.05) is 16.4 Å². The van der Waals surface area contributed by atoms with Gasteiger partial charge in [-0.25, -0.2) is 0 Å². The van der Waals surface area contributed by atoms with Gasteiger partial charge >= 0.3 is 0 Å². The van der Waals surface area contributed by atoms with Crippen LogP contribution >= 0.6 is 15.9 Å². The summed E-state index contributed by atoms with van der Waals surface area (Å²) in [7, 11) is 0. The number of hydrogen-bond donors (Lipinski definition) is 0. The molecule has 1 aromatic heterocycles. The third-order valence-electron chi connectivity index (χ3n) is 3.14. The zero-order valence-electron chi connectivity index (χ0n) is 10.6. The van der Waals surface area contributed by atoms with Gasteiger partial charge in [0.15, 0.2) is 0 Å². The molecule has 0 aliphatic rings. The van der Waals surface area contributed by atoms with E-state index in [2.05, 4.69) is 61.0 Å². The van der Waals surface area contributed by atoms with Crippen molar-refractivity contribution in [2.45, 2.75) is 38.4 Å². The largest absolute Gasteiger partial charge is 0.252 e. The van der Waals surface area contributed by atoms with Crippen molar-refractivity contribution in [3.8, 4) is 0 Å². The first-order chi connectivity index (χ1) is 8.17. The smallest absolute Gasteiger partial charge is 0.0740 e. The minimum Gasteiger partial charge on any atom is -0.252 e. The summed E-state index contributed by atoms with van der Waals surface area (Å²) in [6.45, 7) is 6.58. The van der Waals surface area contributed by atoms with Crippen LogP contribution in [0.15, 0.2) is 24.3 Å². The normalized spacial score (nSPS) is 11.4. The van der Waals surface area contributed by atoms with Crippen molar-refractivity contribution in [3.05, 3.63) is 41.1 Å². The van der Waals surface area contributed by atoms with Crippen LogP contribution in [-0.4, -0.2) is 4.98 Å². The van der Waals surface area contributed by atoms with Crippen molar-refractivity contribution in [1.82, 2.24) is 4.98 Å². The number of pyridine rings is 1. The van der Waals surface area contributed by atoms with Crippen LogP contribution in [0.5, 0.6) is 0 Å². The Balaban J connectivity index is 2.78. The fourth-order valence-corrected chi connectivity index (χ4v) is 2.56. The lowest BCUT2D eigenvalue weighted by molar-refractivity contribution is 0.827. The molecule has 2 rings (SSSR count). The monoisotopic (exact) mass is 291 g/mol. The Labute approximate surface area is 111 Å². The topological polar surface area (TPSA) is 12.9 Å². The maximum absolute atomic E-state index is 4.83. The van der Waals surface area contributed by atoms with E-state index in [0.717, 1.165) is 11.8 Å². The molecule has 0 fully saturated rings. The van der Waals surface area contributed by atoms with Crippen LogP contribution in [0.3, 0.4) is 0 Å². The Morgan fingerprint density at radius 1 is 1.24 bits per heavy atom. The first-order valence-electron chi connectivity index (χ1n) is 6.14. The predicted molar refractivity (Wildman–Crippen MR) is 77.8 cm³/mol. The molecule has 0 atom stereocenters. The number of benzene rings is 1. The summed E-state index contributed by atoms with van der Waals surface area (Å²) < 4.78 is 0. The van der Waals surface area contributed by atoms with Crippen molar-refractivity contribution < 1.29 is 0 Å². The number of rotatable bonds is 3. The molecular weight excluding hydrogens is 274 g/mol. The second-order valence-electron chi connectivity index (χ2n) is 4.66. The number of hydrogen-bond acceptors (Lipinski definition) is 1. The minimum atomic E-state index is 0.474. The maximum atomic E-state index is 4.83. The number of para-hydroxylation sites is 1. The van der Waals surface area contributed by atoms with Crippen LogP contribution in [-0.2, 0) is 11.8 Å². The molecule has 0 saturated heterocycles. The molecule has 0 N–H and O–H groups in total. The molecule has 0 aliphatic carbocycles. The van der Waals surface area contributed by atoms with E-state index in [1.54, 1.807) is 0 Å². The summed E-state index contributed by atoms with van der Waals surface area (Å²) >= 11 is 3.58. The molecule has 2 heteroatoms. The lowest BCUT2D eigenvalue weighted by atomic mass is 10.0. The summed E-state index contributed by atoms with van der Waals surface area (Å²) in [6, 6.07) is 8.70. The average Bonchev–Trinajstić information content (AvgIpc) is 2.36. The van der Waals surface area contributed by atoms with Gasteiger partial charge in [-0.2, -0.15) is 0 Å². The van der Waals surface area contributed by atoms with Gasteiger partial charge in [-0.05, 0) is 29.5 Å². The molecule has 17 heavy (non-hydrogen) atoms. The first-order valence-corrected chi connectivity index (χ1v) is 7.26. The summed E-state index contributed by atoms with van der Waals surface area (Å²) in [5.74, 6) is 0.474. The van der Waals surface area contributed by atoms with Crippen molar-refractivity contribution in [2.75, 3.05) is 0 Å². The molecule has 0 radical (unpaired) electrons. The van der Waals surface area contributed by atoms with Gasteiger partial charge in [-0.15, -0.1) is 0 Å². The lowest BCUT2D eigenvalue weighted by Gasteiger charge is -2.12. The van der Waals surface area contributed by atoms with Gasteiger partial charge in [0.1, 0.15) is 0 Å². The number of nitrogens with zero attached hydrogens (tertiary/aromatic N) is 1. The zero-order valence-corrected chi connectivity index (χ0v) is 12.2. The van der Waals surface area contributed by atoms with E-state index in [-0.39, 0.29) is 0 Å². The van der Waals surface area contributed by atoms with Crippen LogP contribution in [0.25, 0.3) is 10.9 Å². The van der Waals surface area contributed by atoms with Crippen LogP contribution in [0.4, 0.5) is 0 Å². The molecule has 1 nitrogen and oxygen atoms in total. The second-order valence-corrected chi connectivity index (χ2v) is 5.22. The highest BCUT2D eigenvalue weighted by molar-refractivity contribution is 9.08. The molecule has 90 valence electrons. The Bertz CT molecular complexity index is 532. The highest BCUT2D eigenvalue weighted by Gasteiger charge is 2.09. The minimum absolute atomic E-state index is 0.474. The number of aromatic nitrogens is 1. The number of halogens is 1. The highest BCUT2D eigenvalue weighted by Crippen LogP contribution is 2.26. The molecule has 1 heterocycles. The number of fused-ring (bicyclic) bond motifs is 1. The Hall–Kier alpha value is -0.890. The molecule has 0 amide bonds. The van der Waals surface area contributed by atoms with E-state index >= 15 is 0 Å². The molecule has 0 bridgehead atoms. The maximum Gasteiger partial charge on any atom is 0.0740 e. The van der Waals surface area contributed by atoms with Gasteiger partial charge in [-0.1, -0.05) is 54.9 Å². The number of alkyl halides is 1. The second kappa shape index (κ2) is 5.18. The van der Waals surface area contributed by atoms with Gasteiger partial charge in [-0.3, -0.25) is 4.98 Å². The standard InChI is InChI=1S/C15H18BrN/c1-4-11-6-5-7-13-12(9-16)8-14(10(2)3)17-15(11)13/h5-8,10H,4,9H2,1-3H3. The van der Waals surface area contributed by atoms with Crippen molar-refractivity contribution in [1.29, 1.82) is 0 Å². The van der Waals surface area contributed by atoms with Crippen LogP contribution in [0.2, 0.25) is 0 Å². The zero-order chi connectivity index (χ0) is 12.4. The summed E-state index contributed by atoms with van der Waals surface area (Å²) in [6.07, 6.45) is 1.04. The molecule has 0 spiro atoms. The summed E-state index contributed by atoms with van der Waals surface area (Å²) in [5.41, 5.74) is 5.05. The highest BCUT2D eigenvalue weighted by atomic mass is 79.9. The molecule has 0 aliphatic heterocycles. The van der Waals surface area contributed by atoms with Crippen molar-refractivity contribution in [2.24, 2.45) is 0 Å². The van der Waals surface area contributed by atoms with E-state index in [1.165, 1.54) is 27.7 Å². The van der Waals surface area contributed by atoms with Gasteiger partial charge in [0.25, 0.3) is 0 Å². The van der Waals surface area contributed by atoms with Gasteiger partial charge in [0.05, 0.1) is 5.52 Å². The number of aryl methyl sites for hydroxylation is 1. The van der Waals surface area contributed by atoms with Crippen LogP contribution in [0.1, 0.15) is 43.5 Å². The van der Waals surface area contributed by atoms with E-state index in [9.17, 15) is 0 Å². The summed E-state index contributed by atoms with van der Waals surface area (Å²) in [5, 5.41) is 2.17. The van der Waals surface area contributed by atoms with Gasteiger partial charge < -0.3 is 0 Å². The van der Waals surface area contributed by atoms with E-state index in [0.29, 0.717) is 5.92 Å². The van der Waals surface area contributed by atoms with Crippen LogP contribution < -0.4 is 0 Å². The summed E-state index contributed by atoms with van der Waals surface area (Å²) in [4.78, 5) is 4.83. The van der Waals surface area contributed by atoms with Crippen molar-refractivity contribution >= 4 is 26.8 Å². The van der Waals surface area contributed by atoms with Gasteiger partial charge in [0.2, 0.25) is 0 Å². The van der Waals surface area contributed by atoms with E-state index in [1.807, 2.05) is 0 Å². The third-order valence-corrected chi connectivity index (χ3v) is 3.75. The van der Waals surface area contributed by atoms with E-state index < -0.39 is 0 Å². The predicted octanol–water partition coefficient (Wildman–Crippen LogP) is 4.82. The Kier molecular flexibility index (Phi) is 3.82. The van der Waals surface area contributed by atoms with Crippen molar-refractivity contribution in [3.63, 3.8) is 0 Å². The van der Waals surface area contributed by atoms with E-state index in [4.69, 9.17) is 4.98 Å².